The predicted octanol–water partition coefficient (Wildman–Crippen LogP) is 7.28. The third-order valence-corrected chi connectivity index (χ3v) is 7.60. The highest BCUT2D eigenvalue weighted by molar-refractivity contribution is 7.97. The Kier molecular flexibility index (Phi) is 8.39. The average Bonchev–Trinajstić information content (AvgIpc) is 2.90. The van der Waals surface area contributed by atoms with Crippen molar-refractivity contribution in [2.24, 2.45) is 0 Å². The quantitative estimate of drug-likeness (QED) is 0.184. The van der Waals surface area contributed by atoms with Gasteiger partial charge < -0.3 is 4.55 Å². The van der Waals surface area contributed by atoms with E-state index in [4.69, 9.17) is 13.0 Å². The lowest BCUT2D eigenvalue weighted by atomic mass is 10.1. The molecule has 0 radical (unpaired) electrons. The summed E-state index contributed by atoms with van der Waals surface area (Å²) in [6, 6.07) is 50.0. The summed E-state index contributed by atoms with van der Waals surface area (Å²) in [6.07, 6.45) is 0.604. The lowest BCUT2D eigenvalue weighted by Gasteiger charge is -2.10. The number of benzene rings is 5. The fraction of sp³-hybridized carbons (Fsp3) is 0.0323. The van der Waals surface area contributed by atoms with Crippen molar-refractivity contribution in [2.75, 3.05) is 6.26 Å². The Labute approximate surface area is 216 Å². The van der Waals surface area contributed by atoms with Crippen LogP contribution in [0.2, 0.25) is 0 Å². The Balaban J connectivity index is 0.000000556. The molecule has 0 bridgehead atoms. The van der Waals surface area contributed by atoms with E-state index >= 15 is 0 Å². The molecule has 0 fully saturated rings. The molecule has 0 aliphatic rings. The normalized spacial score (nSPS) is 11.0. The van der Waals surface area contributed by atoms with E-state index < -0.39 is 10.1 Å². The van der Waals surface area contributed by atoms with Crippen molar-refractivity contribution in [3.05, 3.63) is 140 Å². The molecule has 0 unspecified atom stereocenters. The van der Waals surface area contributed by atoms with Gasteiger partial charge in [-0.2, -0.15) is 0 Å². The van der Waals surface area contributed by atoms with E-state index in [0.717, 1.165) is 0 Å². The molecule has 5 aromatic carbocycles. The predicted molar refractivity (Wildman–Crippen MR) is 148 cm³/mol. The summed E-state index contributed by atoms with van der Waals surface area (Å²) in [5.74, 6) is 0. The first-order valence-electron chi connectivity index (χ1n) is 11.4. The smallest absolute Gasteiger partial charge is 0.166 e. The Morgan fingerprint density at radius 3 is 1.03 bits per heavy atom. The van der Waals surface area contributed by atoms with Crippen LogP contribution in [0.15, 0.2) is 154 Å². The van der Waals surface area contributed by atoms with Crippen LogP contribution in [0.3, 0.4) is 0 Å². The van der Waals surface area contributed by atoms with E-state index in [9.17, 15) is 0 Å². The third-order valence-electron chi connectivity index (χ3n) is 5.37. The minimum absolute atomic E-state index is 0.144. The van der Waals surface area contributed by atoms with E-state index in [0.29, 0.717) is 6.26 Å². The Hall–Kier alpha value is -3.64. The molecule has 180 valence electrons. The van der Waals surface area contributed by atoms with Crippen LogP contribution in [0.5, 0.6) is 0 Å². The summed E-state index contributed by atoms with van der Waals surface area (Å²) in [5.41, 5.74) is 5.00. The van der Waals surface area contributed by atoms with Gasteiger partial charge in [-0.25, -0.2) is 8.42 Å². The summed E-state index contributed by atoms with van der Waals surface area (Å²) in [4.78, 5) is 4.00. The van der Waals surface area contributed by atoms with Gasteiger partial charge in [0.1, 0.15) is 0 Å². The van der Waals surface area contributed by atoms with Gasteiger partial charge in [0.25, 0.3) is 0 Å². The van der Waals surface area contributed by atoms with Crippen molar-refractivity contribution in [2.45, 2.75) is 14.7 Å². The zero-order valence-corrected chi connectivity index (χ0v) is 21.5. The number of hydrogen-bond acceptors (Lipinski definition) is 3. The topological polar surface area (TPSA) is 57.2 Å². The molecule has 0 atom stereocenters. The fourth-order valence-electron chi connectivity index (χ4n) is 3.79. The van der Waals surface area contributed by atoms with E-state index in [2.05, 4.69) is 140 Å². The molecule has 5 heteroatoms. The van der Waals surface area contributed by atoms with Gasteiger partial charge in [0.2, 0.25) is 0 Å². The molecule has 0 aromatic heterocycles. The van der Waals surface area contributed by atoms with Crippen LogP contribution in [0.1, 0.15) is 0 Å². The van der Waals surface area contributed by atoms with Gasteiger partial charge in [0.15, 0.2) is 14.7 Å². The Morgan fingerprint density at radius 1 is 0.444 bits per heavy atom. The molecular formula is C31H26O3S2. The highest BCUT2D eigenvalue weighted by atomic mass is 32.2. The van der Waals surface area contributed by atoms with Crippen LogP contribution >= 0.6 is 0 Å². The summed E-state index contributed by atoms with van der Waals surface area (Å²) >= 11 is 0. The zero-order chi connectivity index (χ0) is 25.4. The molecule has 5 aromatic rings. The molecule has 0 amide bonds. The van der Waals surface area contributed by atoms with Gasteiger partial charge in [-0.3, -0.25) is 0 Å². The van der Waals surface area contributed by atoms with Crippen molar-refractivity contribution >= 4 is 21.0 Å². The van der Waals surface area contributed by atoms with Gasteiger partial charge in [-0.15, -0.1) is 0 Å². The third kappa shape index (κ3) is 7.18. The molecule has 36 heavy (non-hydrogen) atoms. The molecular weight excluding hydrogens is 484 g/mol. The number of hydrogen-bond donors (Lipinski definition) is 0. The van der Waals surface area contributed by atoms with Gasteiger partial charge >= 0.3 is 0 Å². The standard InChI is InChI=1S/C30H23S.CH4O3S/c1-4-10-24(11-5-1)26-16-20-29(21-17-26)31(28-14-8-3-9-15-28)30-22-18-27(19-23-30)25-12-6-2-7-13-25;1-5(2,3)4/h1-23H;1H3,(H,2,3,4)/q+1;/p-1. The Morgan fingerprint density at radius 2 is 0.694 bits per heavy atom. The van der Waals surface area contributed by atoms with Crippen LogP contribution < -0.4 is 0 Å². The molecule has 0 aliphatic heterocycles. The van der Waals surface area contributed by atoms with Gasteiger partial charge in [-0.1, -0.05) is 78.9 Å². The molecule has 0 saturated carbocycles. The van der Waals surface area contributed by atoms with Crippen molar-refractivity contribution in [3.63, 3.8) is 0 Å². The van der Waals surface area contributed by atoms with Crippen molar-refractivity contribution < 1.29 is 13.0 Å². The molecule has 0 heterocycles. The minimum atomic E-state index is -3.92. The monoisotopic (exact) mass is 510 g/mol. The summed E-state index contributed by atoms with van der Waals surface area (Å²) in [7, 11) is -4.06. The van der Waals surface area contributed by atoms with E-state index in [1.807, 2.05) is 0 Å². The van der Waals surface area contributed by atoms with Gasteiger partial charge in [0, 0.05) is 6.26 Å². The lowest BCUT2D eigenvalue weighted by molar-refractivity contribution is 0.470. The molecule has 0 spiro atoms. The van der Waals surface area contributed by atoms with Crippen molar-refractivity contribution in [1.29, 1.82) is 0 Å². The largest absolute Gasteiger partial charge is 0.748 e. The van der Waals surface area contributed by atoms with Crippen LogP contribution in [-0.4, -0.2) is 19.2 Å². The van der Waals surface area contributed by atoms with Gasteiger partial charge in [0.05, 0.1) is 21.0 Å². The highest BCUT2D eigenvalue weighted by Crippen LogP contribution is 2.33. The first-order valence-corrected chi connectivity index (χ1v) is 14.4. The second-order valence-corrected chi connectivity index (χ2v) is 11.5. The maximum absolute atomic E-state index is 9.08. The summed E-state index contributed by atoms with van der Waals surface area (Å²) in [5, 5.41) is 0. The van der Waals surface area contributed by atoms with Crippen molar-refractivity contribution in [3.8, 4) is 22.3 Å². The molecule has 5 rings (SSSR count). The van der Waals surface area contributed by atoms with E-state index in [1.165, 1.54) is 36.9 Å². The van der Waals surface area contributed by atoms with E-state index in [-0.39, 0.29) is 10.9 Å². The SMILES string of the molecule is CS(=O)(=O)[O-].c1ccc(-c2ccc([S+](c3ccccc3)c3ccc(-c4ccccc4)cc3)cc2)cc1. The average molecular weight is 511 g/mol. The maximum atomic E-state index is 9.08. The second kappa shape index (κ2) is 11.9. The first kappa shape index (κ1) is 25.5. The first-order chi connectivity index (χ1) is 17.4. The molecule has 3 nitrogen and oxygen atoms in total. The zero-order valence-electron chi connectivity index (χ0n) is 19.8. The Bertz CT molecular complexity index is 1380. The second-order valence-electron chi connectivity index (χ2n) is 8.10. The fourth-order valence-corrected chi connectivity index (χ4v) is 5.86. The summed E-state index contributed by atoms with van der Waals surface area (Å²) < 4.78 is 27.2. The lowest BCUT2D eigenvalue weighted by Crippen LogP contribution is -2.04. The molecule has 0 aliphatic carbocycles. The van der Waals surface area contributed by atoms with Crippen LogP contribution in [-0.2, 0) is 21.0 Å². The number of rotatable bonds is 5. The molecule has 0 saturated heterocycles. The summed E-state index contributed by atoms with van der Waals surface area (Å²) in [6.45, 7) is 0. The molecule has 0 N–H and O–H groups in total. The van der Waals surface area contributed by atoms with Gasteiger partial charge in [-0.05, 0) is 82.9 Å². The highest BCUT2D eigenvalue weighted by Gasteiger charge is 2.28. The van der Waals surface area contributed by atoms with Crippen LogP contribution in [0, 0.1) is 0 Å². The van der Waals surface area contributed by atoms with Crippen LogP contribution in [0.25, 0.3) is 22.3 Å². The minimum Gasteiger partial charge on any atom is -0.748 e. The van der Waals surface area contributed by atoms with Crippen molar-refractivity contribution in [1.82, 2.24) is 0 Å². The maximum Gasteiger partial charge on any atom is 0.166 e. The van der Waals surface area contributed by atoms with Crippen LogP contribution in [0.4, 0.5) is 0 Å². The van der Waals surface area contributed by atoms with E-state index in [1.54, 1.807) is 0 Å².